The standard InChI is InChI=1S/C30H29FO6/c1-20(2)29(32)36-17-15-34-25-10-5-22(6-11-25)24-9-14-27(28(31)19-24)23-7-12-26(13-8-23)35-16-18-37-30(33)21(3)4/h5-14,19H,1,3,15-18H2,2,4H3. The normalized spacial score (nSPS) is 10.4. The van der Waals surface area contributed by atoms with Gasteiger partial charge in [0.15, 0.2) is 0 Å². The Balaban J connectivity index is 1.54. The van der Waals surface area contributed by atoms with E-state index in [2.05, 4.69) is 13.2 Å². The Kier molecular flexibility index (Phi) is 9.61. The third-order valence-corrected chi connectivity index (χ3v) is 5.19. The molecule has 3 aromatic carbocycles. The molecular formula is C30H29FO6. The summed E-state index contributed by atoms with van der Waals surface area (Å²) in [6.45, 7) is 10.9. The zero-order valence-electron chi connectivity index (χ0n) is 20.9. The molecule has 0 heterocycles. The van der Waals surface area contributed by atoms with Gasteiger partial charge in [-0.15, -0.1) is 0 Å². The molecule has 0 aliphatic carbocycles. The van der Waals surface area contributed by atoms with Crippen molar-refractivity contribution in [3.8, 4) is 33.8 Å². The van der Waals surface area contributed by atoms with Crippen LogP contribution in [-0.4, -0.2) is 38.4 Å². The van der Waals surface area contributed by atoms with E-state index in [1.165, 1.54) is 6.07 Å². The predicted octanol–water partition coefficient (Wildman–Crippen LogP) is 6.16. The third kappa shape index (κ3) is 8.07. The van der Waals surface area contributed by atoms with E-state index < -0.39 is 11.9 Å². The van der Waals surface area contributed by atoms with Gasteiger partial charge in [-0.3, -0.25) is 0 Å². The second kappa shape index (κ2) is 13.1. The Morgan fingerprint density at radius 1 is 0.649 bits per heavy atom. The second-order valence-corrected chi connectivity index (χ2v) is 8.27. The van der Waals surface area contributed by atoms with Crippen LogP contribution in [0.1, 0.15) is 13.8 Å². The number of ether oxygens (including phenoxy) is 4. The first kappa shape index (κ1) is 27.2. The summed E-state index contributed by atoms with van der Waals surface area (Å²) in [7, 11) is 0. The molecule has 0 amide bonds. The van der Waals surface area contributed by atoms with Crippen LogP contribution in [0, 0.1) is 5.82 Å². The summed E-state index contributed by atoms with van der Waals surface area (Å²) in [6, 6.07) is 19.3. The maximum atomic E-state index is 15.0. The summed E-state index contributed by atoms with van der Waals surface area (Å²) in [5.74, 6) is -0.0575. The number of carbonyl (C=O) groups is 2. The molecule has 7 heteroatoms. The molecule has 0 fully saturated rings. The van der Waals surface area contributed by atoms with Crippen molar-refractivity contribution in [2.24, 2.45) is 0 Å². The Morgan fingerprint density at radius 3 is 1.51 bits per heavy atom. The highest BCUT2D eigenvalue weighted by Gasteiger charge is 2.09. The average Bonchev–Trinajstić information content (AvgIpc) is 2.89. The largest absolute Gasteiger partial charge is 0.490 e. The lowest BCUT2D eigenvalue weighted by atomic mass is 9.99. The zero-order valence-corrected chi connectivity index (χ0v) is 20.9. The molecule has 6 nitrogen and oxygen atoms in total. The monoisotopic (exact) mass is 504 g/mol. The number of rotatable bonds is 12. The molecular weight excluding hydrogens is 475 g/mol. The van der Waals surface area contributed by atoms with Gasteiger partial charge in [0, 0.05) is 16.7 Å². The van der Waals surface area contributed by atoms with Crippen molar-refractivity contribution >= 4 is 11.9 Å². The number of halogens is 1. The summed E-state index contributed by atoms with van der Waals surface area (Å²) in [6.07, 6.45) is 0. The molecule has 0 aliphatic rings. The van der Waals surface area contributed by atoms with Crippen LogP contribution in [0.25, 0.3) is 22.3 Å². The number of carbonyl (C=O) groups excluding carboxylic acids is 2. The molecule has 0 unspecified atom stereocenters. The van der Waals surface area contributed by atoms with Crippen molar-refractivity contribution in [2.45, 2.75) is 13.8 Å². The van der Waals surface area contributed by atoms with E-state index in [9.17, 15) is 14.0 Å². The molecule has 0 radical (unpaired) electrons. The first-order chi connectivity index (χ1) is 17.7. The Hall–Kier alpha value is -4.39. The van der Waals surface area contributed by atoms with Crippen molar-refractivity contribution < 1.29 is 32.9 Å². The molecule has 0 aliphatic heterocycles. The van der Waals surface area contributed by atoms with E-state index in [1.54, 1.807) is 56.3 Å². The first-order valence-electron chi connectivity index (χ1n) is 11.7. The molecule has 3 rings (SSSR count). The van der Waals surface area contributed by atoms with Gasteiger partial charge in [0.05, 0.1) is 0 Å². The van der Waals surface area contributed by atoms with Gasteiger partial charge in [-0.25, -0.2) is 14.0 Å². The van der Waals surface area contributed by atoms with Crippen molar-refractivity contribution in [2.75, 3.05) is 26.4 Å². The molecule has 3 aromatic rings. The maximum Gasteiger partial charge on any atom is 0.333 e. The second-order valence-electron chi connectivity index (χ2n) is 8.27. The number of hydrogen-bond acceptors (Lipinski definition) is 6. The molecule has 192 valence electrons. The Bertz CT molecular complexity index is 1260. The van der Waals surface area contributed by atoms with Crippen LogP contribution < -0.4 is 9.47 Å². The Morgan fingerprint density at radius 2 is 1.08 bits per heavy atom. The quantitative estimate of drug-likeness (QED) is 0.167. The lowest BCUT2D eigenvalue weighted by molar-refractivity contribution is -0.140. The van der Waals surface area contributed by atoms with Crippen LogP contribution in [0.5, 0.6) is 11.5 Å². The molecule has 0 N–H and O–H groups in total. The average molecular weight is 505 g/mol. The lowest BCUT2D eigenvalue weighted by Crippen LogP contribution is -2.12. The summed E-state index contributed by atoms with van der Waals surface area (Å²) in [5, 5.41) is 0. The number of benzene rings is 3. The number of esters is 2. The zero-order chi connectivity index (χ0) is 26.8. The molecule has 37 heavy (non-hydrogen) atoms. The van der Waals surface area contributed by atoms with Crippen molar-refractivity contribution in [3.05, 3.63) is 96.9 Å². The molecule has 0 bridgehead atoms. The highest BCUT2D eigenvalue weighted by Crippen LogP contribution is 2.30. The number of hydrogen-bond donors (Lipinski definition) is 0. The molecule has 0 aromatic heterocycles. The van der Waals surface area contributed by atoms with Crippen molar-refractivity contribution in [1.29, 1.82) is 0 Å². The van der Waals surface area contributed by atoms with Crippen LogP contribution in [0.3, 0.4) is 0 Å². The van der Waals surface area contributed by atoms with Crippen LogP contribution >= 0.6 is 0 Å². The minimum atomic E-state index is -0.457. The highest BCUT2D eigenvalue weighted by atomic mass is 19.1. The fourth-order valence-corrected chi connectivity index (χ4v) is 3.24. The molecule has 0 atom stereocenters. The van der Waals surface area contributed by atoms with E-state index in [0.717, 1.165) is 11.1 Å². The minimum Gasteiger partial charge on any atom is -0.490 e. The van der Waals surface area contributed by atoms with Gasteiger partial charge in [-0.2, -0.15) is 0 Å². The summed E-state index contributed by atoms with van der Waals surface area (Å²) in [5.41, 5.74) is 3.41. The molecule has 0 spiro atoms. The van der Waals surface area contributed by atoms with Gasteiger partial charge >= 0.3 is 11.9 Å². The summed E-state index contributed by atoms with van der Waals surface area (Å²) in [4.78, 5) is 22.7. The highest BCUT2D eigenvalue weighted by molar-refractivity contribution is 5.87. The van der Waals surface area contributed by atoms with E-state index in [0.29, 0.717) is 33.8 Å². The topological polar surface area (TPSA) is 71.1 Å². The smallest absolute Gasteiger partial charge is 0.333 e. The molecule has 0 saturated carbocycles. The van der Waals surface area contributed by atoms with E-state index in [-0.39, 0.29) is 32.2 Å². The van der Waals surface area contributed by atoms with Gasteiger partial charge in [-0.1, -0.05) is 49.6 Å². The Labute approximate surface area is 215 Å². The van der Waals surface area contributed by atoms with Gasteiger partial charge < -0.3 is 18.9 Å². The van der Waals surface area contributed by atoms with Gasteiger partial charge in [0.1, 0.15) is 43.7 Å². The third-order valence-electron chi connectivity index (χ3n) is 5.19. The van der Waals surface area contributed by atoms with E-state index in [4.69, 9.17) is 18.9 Å². The van der Waals surface area contributed by atoms with Crippen LogP contribution in [0.4, 0.5) is 4.39 Å². The van der Waals surface area contributed by atoms with Crippen molar-refractivity contribution in [3.63, 3.8) is 0 Å². The summed E-state index contributed by atoms with van der Waals surface area (Å²) >= 11 is 0. The van der Waals surface area contributed by atoms with Gasteiger partial charge in [0.2, 0.25) is 0 Å². The SMILES string of the molecule is C=C(C)C(=O)OCCOc1ccc(-c2ccc(-c3ccc(OCCOC(=O)C(=C)C)cc3)c(F)c2)cc1. The van der Waals surface area contributed by atoms with E-state index in [1.807, 2.05) is 18.2 Å². The first-order valence-corrected chi connectivity index (χ1v) is 11.7. The summed E-state index contributed by atoms with van der Waals surface area (Å²) < 4.78 is 36.1. The fraction of sp³-hybridized carbons (Fsp3) is 0.200. The predicted molar refractivity (Wildman–Crippen MR) is 140 cm³/mol. The van der Waals surface area contributed by atoms with Gasteiger partial charge in [0.25, 0.3) is 0 Å². The maximum absolute atomic E-state index is 15.0. The van der Waals surface area contributed by atoms with E-state index >= 15 is 0 Å². The molecule has 0 saturated heterocycles. The van der Waals surface area contributed by atoms with Gasteiger partial charge in [-0.05, 0) is 60.9 Å². The van der Waals surface area contributed by atoms with Crippen molar-refractivity contribution in [1.82, 2.24) is 0 Å². The lowest BCUT2D eigenvalue weighted by Gasteiger charge is -2.10. The fourth-order valence-electron chi connectivity index (χ4n) is 3.24. The van der Waals surface area contributed by atoms with Crippen LogP contribution in [0.2, 0.25) is 0 Å². The van der Waals surface area contributed by atoms with Crippen LogP contribution in [0.15, 0.2) is 91.0 Å². The van der Waals surface area contributed by atoms with Crippen LogP contribution in [-0.2, 0) is 19.1 Å². The minimum absolute atomic E-state index is 0.113.